The maximum Gasteiger partial charge on any atom is 0.412 e. The second kappa shape index (κ2) is 10.5. The predicted molar refractivity (Wildman–Crippen MR) is 146 cm³/mol. The number of amides is 1. The molecule has 0 spiro atoms. The van der Waals surface area contributed by atoms with E-state index >= 15 is 0 Å². The average Bonchev–Trinajstić information content (AvgIpc) is 3.66. The largest absolute Gasteiger partial charge is 0.495 e. The van der Waals surface area contributed by atoms with Crippen LogP contribution in [0.3, 0.4) is 0 Å². The molecule has 1 aromatic heterocycles. The van der Waals surface area contributed by atoms with Crippen molar-refractivity contribution >= 4 is 57.9 Å². The summed E-state index contributed by atoms with van der Waals surface area (Å²) < 4.78 is 16.3. The van der Waals surface area contributed by atoms with Crippen LogP contribution in [0.4, 0.5) is 45.0 Å². The van der Waals surface area contributed by atoms with Gasteiger partial charge in [0.1, 0.15) is 22.1 Å². The van der Waals surface area contributed by atoms with Crippen LogP contribution in [-0.4, -0.2) is 49.0 Å². The van der Waals surface area contributed by atoms with E-state index in [1.807, 2.05) is 6.07 Å². The number of nitrogen functional groups attached to an aromatic ring is 1. The first-order chi connectivity index (χ1) is 17.6. The van der Waals surface area contributed by atoms with Gasteiger partial charge in [0.2, 0.25) is 5.95 Å². The Hall–Kier alpha value is -4.12. The summed E-state index contributed by atoms with van der Waals surface area (Å²) >= 11 is 6.39. The first-order valence-corrected chi connectivity index (χ1v) is 11.9. The average molecular weight is 528 g/mol. The third kappa shape index (κ3) is 6.56. The van der Waals surface area contributed by atoms with E-state index in [1.54, 1.807) is 52.1 Å². The molecule has 3 aromatic rings. The lowest BCUT2D eigenvalue weighted by molar-refractivity contribution is 0.0636. The number of ether oxygens (including phenoxy) is 3. The third-order valence-electron chi connectivity index (χ3n) is 5.23. The number of methoxy groups -OCH3 is 2. The SMILES string of the molecule is COc1cc(N2CC2)c(N)cc1Nc1ncc(Cl)c(Nc2cc(NC(=O)OC(C)(C)C)ccc2OC)n1. The molecular formula is C25H30ClN7O4. The maximum atomic E-state index is 12.2. The molecule has 4 rings (SSSR count). The van der Waals surface area contributed by atoms with Crippen molar-refractivity contribution in [3.63, 3.8) is 0 Å². The van der Waals surface area contributed by atoms with Crippen LogP contribution in [0.5, 0.6) is 11.5 Å². The summed E-state index contributed by atoms with van der Waals surface area (Å²) in [5.74, 6) is 1.70. The number of benzene rings is 2. The van der Waals surface area contributed by atoms with Gasteiger partial charge in [-0.2, -0.15) is 4.98 Å². The van der Waals surface area contributed by atoms with Crippen LogP contribution in [0.25, 0.3) is 0 Å². The van der Waals surface area contributed by atoms with Crippen molar-refractivity contribution in [1.82, 2.24) is 9.97 Å². The first-order valence-electron chi connectivity index (χ1n) is 11.5. The van der Waals surface area contributed by atoms with E-state index in [4.69, 9.17) is 31.5 Å². The van der Waals surface area contributed by atoms with Gasteiger partial charge in [0.25, 0.3) is 0 Å². The van der Waals surface area contributed by atoms with E-state index < -0.39 is 11.7 Å². The zero-order valence-electron chi connectivity index (χ0n) is 21.3. The molecule has 37 heavy (non-hydrogen) atoms. The van der Waals surface area contributed by atoms with Gasteiger partial charge in [-0.1, -0.05) is 11.6 Å². The summed E-state index contributed by atoms with van der Waals surface area (Å²) in [6, 6.07) is 8.75. The molecule has 11 nitrogen and oxygen atoms in total. The Morgan fingerprint density at radius 3 is 2.41 bits per heavy atom. The fourth-order valence-electron chi connectivity index (χ4n) is 3.49. The first kappa shape index (κ1) is 26.0. The zero-order valence-corrected chi connectivity index (χ0v) is 22.1. The lowest BCUT2D eigenvalue weighted by Gasteiger charge is -2.20. The van der Waals surface area contributed by atoms with Crippen LogP contribution in [-0.2, 0) is 4.74 Å². The smallest absolute Gasteiger partial charge is 0.412 e. The van der Waals surface area contributed by atoms with Gasteiger partial charge in [0, 0.05) is 24.8 Å². The van der Waals surface area contributed by atoms with Gasteiger partial charge in [-0.3, -0.25) is 5.32 Å². The normalized spacial score (nSPS) is 12.5. The number of hydrogen-bond donors (Lipinski definition) is 4. The number of aromatic nitrogens is 2. The summed E-state index contributed by atoms with van der Waals surface area (Å²) in [6.07, 6.45) is 0.891. The third-order valence-corrected chi connectivity index (χ3v) is 5.50. The lowest BCUT2D eigenvalue weighted by Crippen LogP contribution is -2.27. The van der Waals surface area contributed by atoms with Crippen molar-refractivity contribution in [1.29, 1.82) is 0 Å². The number of halogens is 1. The lowest BCUT2D eigenvalue weighted by atomic mass is 10.2. The van der Waals surface area contributed by atoms with Crippen molar-refractivity contribution in [2.45, 2.75) is 26.4 Å². The van der Waals surface area contributed by atoms with Gasteiger partial charge in [-0.25, -0.2) is 9.78 Å². The number of carbonyl (C=O) groups is 1. The summed E-state index contributed by atoms with van der Waals surface area (Å²) in [4.78, 5) is 23.1. The number of carbonyl (C=O) groups excluding carboxylic acids is 1. The number of rotatable bonds is 8. The van der Waals surface area contributed by atoms with Crippen LogP contribution in [0.1, 0.15) is 20.8 Å². The number of nitrogens with one attached hydrogen (secondary N) is 3. The molecular weight excluding hydrogens is 498 g/mol. The zero-order chi connectivity index (χ0) is 26.7. The molecule has 0 radical (unpaired) electrons. The van der Waals surface area contributed by atoms with Crippen molar-refractivity contribution in [3.05, 3.63) is 41.6 Å². The Bertz CT molecular complexity index is 1310. The molecule has 1 aliphatic heterocycles. The molecule has 2 heterocycles. The molecule has 1 aliphatic rings. The van der Waals surface area contributed by atoms with Crippen LogP contribution in [0, 0.1) is 0 Å². The van der Waals surface area contributed by atoms with Crippen LogP contribution < -0.4 is 36.1 Å². The second-order valence-electron chi connectivity index (χ2n) is 9.28. The Morgan fingerprint density at radius 2 is 1.76 bits per heavy atom. The van der Waals surface area contributed by atoms with E-state index in [1.165, 1.54) is 13.3 Å². The van der Waals surface area contributed by atoms with Crippen molar-refractivity contribution in [3.8, 4) is 11.5 Å². The fraction of sp³-hybridized carbons (Fsp3) is 0.320. The highest BCUT2D eigenvalue weighted by molar-refractivity contribution is 6.33. The summed E-state index contributed by atoms with van der Waals surface area (Å²) in [5, 5.41) is 9.28. The molecule has 12 heteroatoms. The predicted octanol–water partition coefficient (Wildman–Crippen LogP) is 5.38. The molecule has 0 unspecified atom stereocenters. The molecule has 0 bridgehead atoms. The van der Waals surface area contributed by atoms with Crippen molar-refractivity contribution < 1.29 is 19.0 Å². The van der Waals surface area contributed by atoms with E-state index in [0.717, 1.165) is 18.8 Å². The standard InChI is InChI=1S/C25H30ClN7O4/c1-25(2,3)37-24(34)29-14-6-7-20(35-4)17(10-14)30-22-15(26)13-28-23(32-22)31-18-11-16(27)19(33-8-9-33)12-21(18)36-5/h6-7,10-13H,8-9,27H2,1-5H3,(H,29,34)(H2,28,30,31,32). The highest BCUT2D eigenvalue weighted by atomic mass is 35.5. The highest BCUT2D eigenvalue weighted by Gasteiger charge is 2.23. The van der Waals surface area contributed by atoms with Gasteiger partial charge >= 0.3 is 6.09 Å². The molecule has 1 saturated heterocycles. The van der Waals surface area contributed by atoms with E-state index in [9.17, 15) is 4.79 Å². The van der Waals surface area contributed by atoms with Gasteiger partial charge < -0.3 is 35.5 Å². The quantitative estimate of drug-likeness (QED) is 0.223. The number of hydrogen-bond acceptors (Lipinski definition) is 10. The van der Waals surface area contributed by atoms with E-state index in [-0.39, 0.29) is 11.0 Å². The van der Waals surface area contributed by atoms with Crippen LogP contribution in [0.2, 0.25) is 5.02 Å². The van der Waals surface area contributed by atoms with Gasteiger partial charge in [-0.05, 0) is 45.0 Å². The van der Waals surface area contributed by atoms with E-state index in [0.29, 0.717) is 40.1 Å². The maximum absolute atomic E-state index is 12.2. The van der Waals surface area contributed by atoms with Crippen LogP contribution >= 0.6 is 11.6 Å². The summed E-state index contributed by atoms with van der Waals surface area (Å²) in [5.41, 5.74) is 8.79. The van der Waals surface area contributed by atoms with Crippen molar-refractivity contribution in [2.75, 3.05) is 53.9 Å². The Morgan fingerprint density at radius 1 is 1.05 bits per heavy atom. The topological polar surface area (TPSA) is 136 Å². The highest BCUT2D eigenvalue weighted by Crippen LogP contribution is 2.39. The molecule has 1 fully saturated rings. The van der Waals surface area contributed by atoms with E-state index in [2.05, 4.69) is 30.8 Å². The number of nitrogens with zero attached hydrogens (tertiary/aromatic N) is 3. The second-order valence-corrected chi connectivity index (χ2v) is 9.69. The Labute approximate surface area is 220 Å². The summed E-state index contributed by atoms with van der Waals surface area (Å²) in [7, 11) is 3.12. The molecule has 196 valence electrons. The Balaban J connectivity index is 1.57. The minimum Gasteiger partial charge on any atom is -0.495 e. The van der Waals surface area contributed by atoms with Gasteiger partial charge in [0.15, 0.2) is 5.82 Å². The number of nitrogens with two attached hydrogens (primary N) is 1. The minimum atomic E-state index is -0.626. The molecule has 2 aromatic carbocycles. The van der Waals surface area contributed by atoms with Gasteiger partial charge in [-0.15, -0.1) is 0 Å². The monoisotopic (exact) mass is 527 g/mol. The van der Waals surface area contributed by atoms with Gasteiger partial charge in [0.05, 0.1) is 43.2 Å². The minimum absolute atomic E-state index is 0.270. The summed E-state index contributed by atoms with van der Waals surface area (Å²) in [6.45, 7) is 7.31. The van der Waals surface area contributed by atoms with Crippen molar-refractivity contribution in [2.24, 2.45) is 0 Å². The van der Waals surface area contributed by atoms with Crippen LogP contribution in [0.15, 0.2) is 36.5 Å². The molecule has 5 N–H and O–H groups in total. The molecule has 0 atom stereocenters. The fourth-order valence-corrected chi connectivity index (χ4v) is 3.62. The molecule has 0 saturated carbocycles. The molecule has 0 aliphatic carbocycles. The Kier molecular flexibility index (Phi) is 7.35. The number of anilines is 7. The molecule has 1 amide bonds.